The molecule has 12 heavy (non-hydrogen) atoms. The average Bonchev–Trinajstić information content (AvgIpc) is 2.15. The van der Waals surface area contributed by atoms with Crippen molar-refractivity contribution in [1.82, 2.24) is 0 Å². The summed E-state index contributed by atoms with van der Waals surface area (Å²) in [7, 11) is 1.76. The zero-order valence-electron chi connectivity index (χ0n) is 7.79. The lowest BCUT2D eigenvalue weighted by Crippen LogP contribution is -2.30. The molecule has 0 saturated carbocycles. The van der Waals surface area contributed by atoms with Crippen molar-refractivity contribution in [2.75, 3.05) is 31.8 Å². The number of hydrogen-bond acceptors (Lipinski definition) is 3. The molecule has 0 spiro atoms. The predicted octanol–water partition coefficient (Wildman–Crippen LogP) is 1.35. The Labute approximate surface area is 79.2 Å². The van der Waals surface area contributed by atoms with Crippen LogP contribution in [0.25, 0.3) is 0 Å². The van der Waals surface area contributed by atoms with Crippen molar-refractivity contribution in [3.63, 3.8) is 0 Å². The van der Waals surface area contributed by atoms with Crippen LogP contribution in [0, 0.1) is 11.8 Å². The zero-order valence-corrected chi connectivity index (χ0v) is 8.61. The van der Waals surface area contributed by atoms with Crippen LogP contribution in [0.4, 0.5) is 0 Å². The summed E-state index contributed by atoms with van der Waals surface area (Å²) in [6.07, 6.45) is 2.70. The summed E-state index contributed by atoms with van der Waals surface area (Å²) in [6.45, 7) is 1.61. The van der Waals surface area contributed by atoms with Gasteiger partial charge in [-0.2, -0.15) is 11.8 Å². The first-order valence-electron chi connectivity index (χ1n) is 4.65. The second kappa shape index (κ2) is 5.84. The summed E-state index contributed by atoms with van der Waals surface area (Å²) in [5.74, 6) is 4.00. The van der Waals surface area contributed by atoms with E-state index in [2.05, 4.69) is 11.8 Å². The molecule has 1 rings (SSSR count). The van der Waals surface area contributed by atoms with Crippen LogP contribution in [0.15, 0.2) is 0 Å². The van der Waals surface area contributed by atoms with Gasteiger partial charge in [0.25, 0.3) is 0 Å². The molecule has 0 aromatic heterocycles. The van der Waals surface area contributed by atoms with Crippen LogP contribution in [-0.4, -0.2) is 31.8 Å². The van der Waals surface area contributed by atoms with Crippen LogP contribution in [0.2, 0.25) is 0 Å². The highest BCUT2D eigenvalue weighted by molar-refractivity contribution is 7.99. The standard InChI is InChI=1S/C9H19NOS/c1-11-6-9(5-10)8-3-2-4-12-7-8/h8-9H,2-7,10H2,1H3. The number of methoxy groups -OCH3 is 1. The van der Waals surface area contributed by atoms with Gasteiger partial charge in [-0.1, -0.05) is 0 Å². The molecule has 0 amide bonds. The molecule has 3 heteroatoms. The van der Waals surface area contributed by atoms with Crippen LogP contribution in [0.1, 0.15) is 12.8 Å². The van der Waals surface area contributed by atoms with Gasteiger partial charge in [0.1, 0.15) is 0 Å². The third kappa shape index (κ3) is 2.96. The third-order valence-corrected chi connectivity index (χ3v) is 3.79. The number of thioether (sulfide) groups is 1. The summed E-state index contributed by atoms with van der Waals surface area (Å²) in [5, 5.41) is 0. The van der Waals surface area contributed by atoms with E-state index in [1.54, 1.807) is 7.11 Å². The van der Waals surface area contributed by atoms with E-state index in [9.17, 15) is 0 Å². The van der Waals surface area contributed by atoms with Crippen LogP contribution in [-0.2, 0) is 4.74 Å². The molecule has 1 fully saturated rings. The second-order valence-corrected chi connectivity index (χ2v) is 4.58. The molecular formula is C9H19NOS. The zero-order chi connectivity index (χ0) is 8.81. The van der Waals surface area contributed by atoms with Gasteiger partial charge in [-0.3, -0.25) is 0 Å². The lowest BCUT2D eigenvalue weighted by molar-refractivity contribution is 0.126. The van der Waals surface area contributed by atoms with Gasteiger partial charge in [-0.15, -0.1) is 0 Å². The van der Waals surface area contributed by atoms with E-state index in [0.717, 1.165) is 19.1 Å². The molecule has 0 bridgehead atoms. The van der Waals surface area contributed by atoms with Gasteiger partial charge in [0.2, 0.25) is 0 Å². The number of hydrogen-bond donors (Lipinski definition) is 1. The molecule has 1 aliphatic heterocycles. The molecule has 2 atom stereocenters. The molecule has 72 valence electrons. The first kappa shape index (κ1) is 10.4. The molecule has 2 nitrogen and oxygen atoms in total. The molecule has 2 N–H and O–H groups in total. The van der Waals surface area contributed by atoms with E-state index >= 15 is 0 Å². The average molecular weight is 189 g/mol. The fourth-order valence-electron chi connectivity index (χ4n) is 1.75. The van der Waals surface area contributed by atoms with Gasteiger partial charge < -0.3 is 10.5 Å². The summed E-state index contributed by atoms with van der Waals surface area (Å²) >= 11 is 2.06. The molecule has 1 aliphatic rings. The summed E-state index contributed by atoms with van der Waals surface area (Å²) < 4.78 is 5.16. The van der Waals surface area contributed by atoms with Gasteiger partial charge in [0, 0.05) is 7.11 Å². The smallest absolute Gasteiger partial charge is 0.0505 e. The van der Waals surface area contributed by atoms with E-state index in [1.165, 1.54) is 24.3 Å². The minimum atomic E-state index is 0.586. The van der Waals surface area contributed by atoms with Crippen molar-refractivity contribution in [3.8, 4) is 0 Å². The fraction of sp³-hybridized carbons (Fsp3) is 1.00. The minimum absolute atomic E-state index is 0.586. The van der Waals surface area contributed by atoms with Gasteiger partial charge in [0.15, 0.2) is 0 Å². The Morgan fingerprint density at radius 1 is 1.67 bits per heavy atom. The third-order valence-electron chi connectivity index (χ3n) is 2.55. The highest BCUT2D eigenvalue weighted by Gasteiger charge is 2.22. The number of ether oxygens (including phenoxy) is 1. The SMILES string of the molecule is COCC(CN)C1CCCSC1. The maximum absolute atomic E-state index is 5.70. The fourth-order valence-corrected chi connectivity index (χ4v) is 3.03. The van der Waals surface area contributed by atoms with Crippen LogP contribution in [0.5, 0.6) is 0 Å². The predicted molar refractivity (Wildman–Crippen MR) is 54.5 cm³/mol. The van der Waals surface area contributed by atoms with Crippen LogP contribution < -0.4 is 5.73 Å². The highest BCUT2D eigenvalue weighted by atomic mass is 32.2. The van der Waals surface area contributed by atoms with E-state index in [0.29, 0.717) is 5.92 Å². The number of rotatable bonds is 4. The quantitative estimate of drug-likeness (QED) is 0.725. The van der Waals surface area contributed by atoms with Crippen molar-refractivity contribution in [1.29, 1.82) is 0 Å². The Kier molecular flexibility index (Phi) is 5.04. The Hall–Kier alpha value is 0.270. The first-order chi connectivity index (χ1) is 5.88. The summed E-state index contributed by atoms with van der Waals surface area (Å²) in [5.41, 5.74) is 5.70. The van der Waals surface area contributed by atoms with Crippen molar-refractivity contribution < 1.29 is 4.74 Å². The molecule has 2 unspecified atom stereocenters. The van der Waals surface area contributed by atoms with E-state index in [1.807, 2.05) is 0 Å². The maximum atomic E-state index is 5.70. The Bertz CT molecular complexity index is 112. The molecular weight excluding hydrogens is 170 g/mol. The summed E-state index contributed by atoms with van der Waals surface area (Å²) in [6, 6.07) is 0. The van der Waals surface area contributed by atoms with Gasteiger partial charge in [-0.25, -0.2) is 0 Å². The summed E-state index contributed by atoms with van der Waals surface area (Å²) in [4.78, 5) is 0. The molecule has 0 aliphatic carbocycles. The van der Waals surface area contributed by atoms with Crippen molar-refractivity contribution in [2.45, 2.75) is 12.8 Å². The van der Waals surface area contributed by atoms with Crippen LogP contribution >= 0.6 is 11.8 Å². The van der Waals surface area contributed by atoms with Crippen molar-refractivity contribution >= 4 is 11.8 Å². The Morgan fingerprint density at radius 2 is 2.50 bits per heavy atom. The van der Waals surface area contributed by atoms with Crippen molar-refractivity contribution in [3.05, 3.63) is 0 Å². The Balaban J connectivity index is 2.29. The largest absolute Gasteiger partial charge is 0.384 e. The maximum Gasteiger partial charge on any atom is 0.0505 e. The lowest BCUT2D eigenvalue weighted by Gasteiger charge is -2.28. The van der Waals surface area contributed by atoms with Gasteiger partial charge in [0.05, 0.1) is 6.61 Å². The van der Waals surface area contributed by atoms with E-state index in [4.69, 9.17) is 10.5 Å². The monoisotopic (exact) mass is 189 g/mol. The van der Waals surface area contributed by atoms with E-state index in [-0.39, 0.29) is 0 Å². The van der Waals surface area contributed by atoms with Crippen LogP contribution in [0.3, 0.4) is 0 Å². The first-order valence-corrected chi connectivity index (χ1v) is 5.80. The lowest BCUT2D eigenvalue weighted by atomic mass is 9.90. The molecule has 0 aromatic rings. The molecule has 1 saturated heterocycles. The normalized spacial score (nSPS) is 27.0. The minimum Gasteiger partial charge on any atom is -0.384 e. The molecule has 1 heterocycles. The van der Waals surface area contributed by atoms with Gasteiger partial charge >= 0.3 is 0 Å². The Morgan fingerprint density at radius 3 is 3.00 bits per heavy atom. The van der Waals surface area contributed by atoms with E-state index < -0.39 is 0 Å². The van der Waals surface area contributed by atoms with Crippen molar-refractivity contribution in [2.24, 2.45) is 17.6 Å². The topological polar surface area (TPSA) is 35.2 Å². The molecule has 0 aromatic carbocycles. The molecule has 0 radical (unpaired) electrons. The highest BCUT2D eigenvalue weighted by Crippen LogP contribution is 2.28. The van der Waals surface area contributed by atoms with Gasteiger partial charge in [-0.05, 0) is 42.7 Å². The number of nitrogens with two attached hydrogens (primary N) is 1. The second-order valence-electron chi connectivity index (χ2n) is 3.43.